The van der Waals surface area contributed by atoms with E-state index in [1.807, 2.05) is 5.38 Å². The third kappa shape index (κ3) is 2.86. The number of benzene rings is 1. The molecule has 18 heavy (non-hydrogen) atoms. The zero-order valence-electron chi connectivity index (χ0n) is 10.0. The van der Waals surface area contributed by atoms with Crippen LogP contribution in [0.2, 0.25) is 0 Å². The molecule has 1 aromatic carbocycles. The van der Waals surface area contributed by atoms with E-state index in [0.717, 1.165) is 22.7 Å². The molecule has 0 aliphatic heterocycles. The molecule has 3 nitrogen and oxygen atoms in total. The van der Waals surface area contributed by atoms with Crippen molar-refractivity contribution in [2.24, 2.45) is 0 Å². The maximum absolute atomic E-state index is 13.6. The van der Waals surface area contributed by atoms with Crippen molar-refractivity contribution in [2.75, 3.05) is 13.7 Å². The number of halogens is 1. The van der Waals surface area contributed by atoms with Gasteiger partial charge in [0.2, 0.25) is 0 Å². The van der Waals surface area contributed by atoms with E-state index in [2.05, 4.69) is 4.98 Å². The molecule has 0 aliphatic rings. The molecule has 96 valence electrons. The Morgan fingerprint density at radius 2 is 2.28 bits per heavy atom. The standard InChI is InChI=1S/C13H14FNO2S/c1-17-12-5-4-9(7-10(12)14)11-8-18-13(15-11)3-2-6-16/h4-5,7-8,16H,2-3,6H2,1H3. The maximum Gasteiger partial charge on any atom is 0.165 e. The van der Waals surface area contributed by atoms with Crippen LogP contribution in [-0.4, -0.2) is 23.8 Å². The van der Waals surface area contributed by atoms with E-state index >= 15 is 0 Å². The van der Waals surface area contributed by atoms with Gasteiger partial charge in [0.15, 0.2) is 11.6 Å². The number of rotatable bonds is 5. The van der Waals surface area contributed by atoms with Crippen molar-refractivity contribution in [1.29, 1.82) is 0 Å². The van der Waals surface area contributed by atoms with Gasteiger partial charge in [0, 0.05) is 24.0 Å². The van der Waals surface area contributed by atoms with Crippen molar-refractivity contribution < 1.29 is 14.2 Å². The largest absolute Gasteiger partial charge is 0.494 e. The number of thiazole rings is 1. The molecule has 0 bridgehead atoms. The SMILES string of the molecule is COc1ccc(-c2csc(CCCO)n2)cc1F. The average Bonchev–Trinajstić information content (AvgIpc) is 2.85. The fraction of sp³-hybridized carbons (Fsp3) is 0.308. The lowest BCUT2D eigenvalue weighted by Crippen LogP contribution is -1.90. The van der Waals surface area contributed by atoms with Crippen LogP contribution in [0.3, 0.4) is 0 Å². The number of hydrogen-bond acceptors (Lipinski definition) is 4. The molecule has 2 rings (SSSR count). The summed E-state index contributed by atoms with van der Waals surface area (Å²) in [6.45, 7) is 0.159. The van der Waals surface area contributed by atoms with Crippen molar-refractivity contribution in [3.63, 3.8) is 0 Å². The number of aromatic nitrogens is 1. The summed E-state index contributed by atoms with van der Waals surface area (Å²) < 4.78 is 18.4. The number of aliphatic hydroxyl groups excluding tert-OH is 1. The molecule has 0 atom stereocenters. The van der Waals surface area contributed by atoms with Gasteiger partial charge in [0.1, 0.15) is 0 Å². The highest BCUT2D eigenvalue weighted by atomic mass is 32.1. The molecule has 0 radical (unpaired) electrons. The monoisotopic (exact) mass is 267 g/mol. The smallest absolute Gasteiger partial charge is 0.165 e. The molecule has 1 heterocycles. The van der Waals surface area contributed by atoms with Crippen LogP contribution in [0.5, 0.6) is 5.75 Å². The van der Waals surface area contributed by atoms with Crippen molar-refractivity contribution >= 4 is 11.3 Å². The lowest BCUT2D eigenvalue weighted by Gasteiger charge is -2.03. The molecule has 0 unspecified atom stereocenters. The number of methoxy groups -OCH3 is 1. The minimum absolute atomic E-state index is 0.159. The first-order valence-corrected chi connectivity index (χ1v) is 6.51. The summed E-state index contributed by atoms with van der Waals surface area (Å²) in [6, 6.07) is 4.80. The third-order valence-corrected chi connectivity index (χ3v) is 3.46. The van der Waals surface area contributed by atoms with E-state index in [1.165, 1.54) is 24.5 Å². The van der Waals surface area contributed by atoms with E-state index < -0.39 is 0 Å². The third-order valence-electron chi connectivity index (χ3n) is 2.55. The molecular weight excluding hydrogens is 253 g/mol. The van der Waals surface area contributed by atoms with E-state index in [1.54, 1.807) is 12.1 Å². The van der Waals surface area contributed by atoms with Crippen molar-refractivity contribution in [1.82, 2.24) is 4.98 Å². The van der Waals surface area contributed by atoms with Crippen LogP contribution in [-0.2, 0) is 6.42 Å². The van der Waals surface area contributed by atoms with Gasteiger partial charge in [-0.2, -0.15) is 0 Å². The lowest BCUT2D eigenvalue weighted by molar-refractivity contribution is 0.288. The Kier molecular flexibility index (Phi) is 4.28. The van der Waals surface area contributed by atoms with Gasteiger partial charge >= 0.3 is 0 Å². The summed E-state index contributed by atoms with van der Waals surface area (Å²) >= 11 is 1.52. The highest BCUT2D eigenvalue weighted by molar-refractivity contribution is 7.09. The van der Waals surface area contributed by atoms with Gasteiger partial charge in [0.25, 0.3) is 0 Å². The Hall–Kier alpha value is -1.46. The summed E-state index contributed by atoms with van der Waals surface area (Å²) in [7, 11) is 1.44. The highest BCUT2D eigenvalue weighted by Gasteiger charge is 2.08. The summed E-state index contributed by atoms with van der Waals surface area (Å²) in [6.07, 6.45) is 1.45. The minimum Gasteiger partial charge on any atom is -0.494 e. The molecule has 0 amide bonds. The van der Waals surface area contributed by atoms with Gasteiger partial charge in [-0.3, -0.25) is 0 Å². The first-order valence-electron chi connectivity index (χ1n) is 5.63. The van der Waals surface area contributed by atoms with Crippen LogP contribution < -0.4 is 4.74 Å². The van der Waals surface area contributed by atoms with Crippen molar-refractivity contribution in [3.8, 4) is 17.0 Å². The van der Waals surface area contributed by atoms with E-state index in [0.29, 0.717) is 6.42 Å². The zero-order valence-corrected chi connectivity index (χ0v) is 10.8. The quantitative estimate of drug-likeness (QED) is 0.905. The molecular formula is C13H14FNO2S. The van der Waals surface area contributed by atoms with Crippen LogP contribution in [0.4, 0.5) is 4.39 Å². The summed E-state index contributed by atoms with van der Waals surface area (Å²) in [5.41, 5.74) is 1.49. The zero-order chi connectivity index (χ0) is 13.0. The fourth-order valence-corrected chi connectivity index (χ4v) is 2.46. The predicted octanol–water partition coefficient (Wildman–Crippen LogP) is 2.88. The normalized spacial score (nSPS) is 10.6. The van der Waals surface area contributed by atoms with Gasteiger partial charge in [-0.15, -0.1) is 11.3 Å². The van der Waals surface area contributed by atoms with Gasteiger partial charge in [0.05, 0.1) is 17.8 Å². The molecule has 0 spiro atoms. The Morgan fingerprint density at radius 1 is 1.44 bits per heavy atom. The number of hydrogen-bond donors (Lipinski definition) is 1. The molecule has 0 saturated carbocycles. The molecule has 1 N–H and O–H groups in total. The molecule has 0 aliphatic carbocycles. The van der Waals surface area contributed by atoms with Crippen LogP contribution in [0.25, 0.3) is 11.3 Å². The first-order chi connectivity index (χ1) is 8.74. The van der Waals surface area contributed by atoms with Gasteiger partial charge < -0.3 is 9.84 Å². The van der Waals surface area contributed by atoms with E-state index in [9.17, 15) is 4.39 Å². The highest BCUT2D eigenvalue weighted by Crippen LogP contribution is 2.26. The van der Waals surface area contributed by atoms with Gasteiger partial charge in [-0.05, 0) is 24.6 Å². The second kappa shape index (κ2) is 5.93. The molecule has 0 fully saturated rings. The number of aryl methyl sites for hydroxylation is 1. The van der Waals surface area contributed by atoms with E-state index in [4.69, 9.17) is 9.84 Å². The van der Waals surface area contributed by atoms with Gasteiger partial charge in [-0.25, -0.2) is 9.37 Å². The van der Waals surface area contributed by atoms with Gasteiger partial charge in [-0.1, -0.05) is 0 Å². The Bertz CT molecular complexity index is 527. The Labute approximate surface area is 109 Å². The van der Waals surface area contributed by atoms with Crippen molar-refractivity contribution in [3.05, 3.63) is 34.4 Å². The fourth-order valence-electron chi connectivity index (χ4n) is 1.61. The van der Waals surface area contributed by atoms with Crippen LogP contribution >= 0.6 is 11.3 Å². The predicted molar refractivity (Wildman–Crippen MR) is 69.5 cm³/mol. The molecule has 2 aromatic rings. The summed E-state index contributed by atoms with van der Waals surface area (Å²) in [5, 5.41) is 11.6. The van der Waals surface area contributed by atoms with Crippen LogP contribution in [0, 0.1) is 5.82 Å². The Balaban J connectivity index is 2.20. The van der Waals surface area contributed by atoms with E-state index in [-0.39, 0.29) is 18.2 Å². The number of ether oxygens (including phenoxy) is 1. The average molecular weight is 267 g/mol. The number of aliphatic hydroxyl groups is 1. The minimum atomic E-state index is -0.389. The topological polar surface area (TPSA) is 42.4 Å². The second-order valence-electron chi connectivity index (χ2n) is 3.80. The number of nitrogens with zero attached hydrogens (tertiary/aromatic N) is 1. The van der Waals surface area contributed by atoms with Crippen LogP contribution in [0.15, 0.2) is 23.6 Å². The summed E-state index contributed by atoms with van der Waals surface area (Å²) in [5.74, 6) is -0.158. The Morgan fingerprint density at radius 3 is 2.94 bits per heavy atom. The second-order valence-corrected chi connectivity index (χ2v) is 4.75. The molecule has 0 saturated heterocycles. The maximum atomic E-state index is 13.6. The summed E-state index contributed by atoms with van der Waals surface area (Å²) in [4.78, 5) is 4.41. The molecule has 5 heteroatoms. The van der Waals surface area contributed by atoms with Crippen LogP contribution in [0.1, 0.15) is 11.4 Å². The lowest BCUT2D eigenvalue weighted by atomic mass is 10.1. The van der Waals surface area contributed by atoms with Crippen molar-refractivity contribution in [2.45, 2.75) is 12.8 Å². The molecule has 1 aromatic heterocycles. The first kappa shape index (κ1) is 13.0.